The molecule has 2 aliphatic rings. The Morgan fingerprint density at radius 1 is 1.10 bits per heavy atom. The van der Waals surface area contributed by atoms with Crippen molar-refractivity contribution in [2.24, 2.45) is 0 Å². The molecule has 1 aliphatic heterocycles. The Hall–Kier alpha value is -3.08. The number of hydrogen-bond acceptors (Lipinski definition) is 4. The van der Waals surface area contributed by atoms with E-state index in [-0.39, 0.29) is 17.4 Å². The highest BCUT2D eigenvalue weighted by Gasteiger charge is 2.49. The van der Waals surface area contributed by atoms with Gasteiger partial charge in [-0.2, -0.15) is 0 Å². The number of amides is 1. The van der Waals surface area contributed by atoms with Crippen LogP contribution in [0, 0.1) is 6.92 Å². The topological polar surface area (TPSA) is 66.8 Å². The molecule has 0 spiro atoms. The lowest BCUT2D eigenvalue weighted by atomic mass is 9.94. The van der Waals surface area contributed by atoms with E-state index in [2.05, 4.69) is 0 Å². The number of ether oxygens (including phenoxy) is 1. The Bertz CT molecular complexity index is 986. The van der Waals surface area contributed by atoms with Crippen molar-refractivity contribution in [3.8, 4) is 5.75 Å². The van der Waals surface area contributed by atoms with Crippen LogP contribution in [0.25, 0.3) is 5.76 Å². The van der Waals surface area contributed by atoms with Crippen LogP contribution in [-0.4, -0.2) is 34.3 Å². The van der Waals surface area contributed by atoms with Crippen molar-refractivity contribution in [3.63, 3.8) is 0 Å². The van der Waals surface area contributed by atoms with Gasteiger partial charge in [0.2, 0.25) is 0 Å². The van der Waals surface area contributed by atoms with Crippen LogP contribution in [0.3, 0.4) is 0 Å². The van der Waals surface area contributed by atoms with Crippen LogP contribution in [0.15, 0.2) is 54.1 Å². The fraction of sp³-hybridized carbons (Fsp3) is 0.360. The quantitative estimate of drug-likeness (QED) is 0.443. The Morgan fingerprint density at radius 3 is 2.43 bits per heavy atom. The molecule has 0 bridgehead atoms. The largest absolute Gasteiger partial charge is 0.507 e. The van der Waals surface area contributed by atoms with Gasteiger partial charge in [-0.05, 0) is 56.5 Å². The minimum absolute atomic E-state index is 0.0255. The van der Waals surface area contributed by atoms with Crippen LogP contribution < -0.4 is 4.74 Å². The highest BCUT2D eigenvalue weighted by atomic mass is 16.5. The summed E-state index contributed by atoms with van der Waals surface area (Å²) in [7, 11) is 0. The minimum atomic E-state index is -0.611. The third-order valence-electron chi connectivity index (χ3n) is 5.99. The second kappa shape index (κ2) is 8.34. The van der Waals surface area contributed by atoms with Gasteiger partial charge in [0.15, 0.2) is 0 Å². The van der Waals surface area contributed by atoms with Crippen molar-refractivity contribution in [3.05, 3.63) is 70.8 Å². The average Bonchev–Trinajstić information content (AvgIpc) is 3.35. The lowest BCUT2D eigenvalue weighted by Gasteiger charge is -2.31. The molecule has 1 saturated carbocycles. The Morgan fingerprint density at radius 2 is 1.80 bits per heavy atom. The molecular formula is C25H27NO4. The number of nitrogens with zero attached hydrogens (tertiary/aromatic N) is 1. The third-order valence-corrected chi connectivity index (χ3v) is 5.99. The predicted octanol–water partition coefficient (Wildman–Crippen LogP) is 4.76. The number of Topliss-reactive ketones (excluding diaryl/α,β-unsaturated/α-hetero) is 1. The average molecular weight is 405 g/mol. The maximum atomic E-state index is 13.1. The van der Waals surface area contributed by atoms with E-state index in [0.717, 1.165) is 36.8 Å². The molecule has 1 aliphatic carbocycles. The minimum Gasteiger partial charge on any atom is -0.507 e. The number of ketones is 1. The first-order valence-corrected chi connectivity index (χ1v) is 10.6. The van der Waals surface area contributed by atoms with Crippen molar-refractivity contribution in [1.29, 1.82) is 0 Å². The van der Waals surface area contributed by atoms with Crippen molar-refractivity contribution in [1.82, 2.24) is 4.90 Å². The number of carbonyl (C=O) groups excluding carboxylic acids is 2. The summed E-state index contributed by atoms with van der Waals surface area (Å²) in [6.45, 7) is 4.43. The van der Waals surface area contributed by atoms with Gasteiger partial charge in [-0.1, -0.05) is 42.7 Å². The number of rotatable bonds is 5. The third kappa shape index (κ3) is 3.60. The summed E-state index contributed by atoms with van der Waals surface area (Å²) < 4.78 is 5.47. The van der Waals surface area contributed by atoms with Crippen LogP contribution >= 0.6 is 0 Å². The van der Waals surface area contributed by atoms with E-state index < -0.39 is 17.7 Å². The lowest BCUT2D eigenvalue weighted by Crippen LogP contribution is -2.37. The summed E-state index contributed by atoms with van der Waals surface area (Å²) in [5.41, 5.74) is 2.57. The Kier molecular flexibility index (Phi) is 5.62. The summed E-state index contributed by atoms with van der Waals surface area (Å²) in [5, 5.41) is 11.1. The van der Waals surface area contributed by atoms with Gasteiger partial charge in [-0.3, -0.25) is 9.59 Å². The molecular weight excluding hydrogens is 378 g/mol. The molecule has 1 unspecified atom stereocenters. The van der Waals surface area contributed by atoms with Gasteiger partial charge < -0.3 is 14.7 Å². The summed E-state index contributed by atoms with van der Waals surface area (Å²) in [6, 6.07) is 14.2. The number of hydrogen-bond donors (Lipinski definition) is 1. The zero-order chi connectivity index (χ0) is 21.3. The van der Waals surface area contributed by atoms with Gasteiger partial charge >= 0.3 is 0 Å². The molecule has 0 radical (unpaired) electrons. The number of likely N-dealkylation sites (tertiary alicyclic amines) is 1. The number of benzene rings is 2. The van der Waals surface area contributed by atoms with Gasteiger partial charge in [0, 0.05) is 11.6 Å². The second-order valence-electron chi connectivity index (χ2n) is 8.02. The molecule has 2 aromatic rings. The highest BCUT2D eigenvalue weighted by Crippen LogP contribution is 2.43. The van der Waals surface area contributed by atoms with Crippen LogP contribution in [0.1, 0.15) is 55.3 Å². The van der Waals surface area contributed by atoms with E-state index in [9.17, 15) is 14.7 Å². The summed E-state index contributed by atoms with van der Waals surface area (Å²) in [4.78, 5) is 27.9. The van der Waals surface area contributed by atoms with Crippen molar-refractivity contribution in [2.45, 2.75) is 51.6 Å². The van der Waals surface area contributed by atoms with Crippen LogP contribution in [-0.2, 0) is 9.59 Å². The predicted molar refractivity (Wildman–Crippen MR) is 115 cm³/mol. The number of carbonyl (C=O) groups is 2. The maximum absolute atomic E-state index is 13.1. The van der Waals surface area contributed by atoms with Gasteiger partial charge in [0.25, 0.3) is 11.7 Å². The first-order chi connectivity index (χ1) is 14.5. The molecule has 1 heterocycles. The maximum Gasteiger partial charge on any atom is 0.295 e. The summed E-state index contributed by atoms with van der Waals surface area (Å²) in [6.07, 6.45) is 3.87. The van der Waals surface area contributed by atoms with Crippen LogP contribution in [0.2, 0.25) is 0 Å². The molecule has 5 nitrogen and oxygen atoms in total. The molecule has 2 fully saturated rings. The first kappa shape index (κ1) is 20.2. The first-order valence-electron chi connectivity index (χ1n) is 10.6. The number of aryl methyl sites for hydroxylation is 1. The fourth-order valence-corrected chi connectivity index (χ4v) is 4.61. The zero-order valence-electron chi connectivity index (χ0n) is 17.4. The van der Waals surface area contributed by atoms with Crippen molar-refractivity contribution in [2.75, 3.05) is 6.61 Å². The molecule has 1 atom stereocenters. The monoisotopic (exact) mass is 405 g/mol. The highest BCUT2D eigenvalue weighted by molar-refractivity contribution is 6.46. The van der Waals surface area contributed by atoms with Crippen molar-refractivity contribution < 1.29 is 19.4 Å². The summed E-state index contributed by atoms with van der Waals surface area (Å²) in [5.74, 6) is -0.570. The molecule has 2 aromatic carbocycles. The Balaban J connectivity index is 1.83. The van der Waals surface area contributed by atoms with E-state index >= 15 is 0 Å². The molecule has 5 heteroatoms. The van der Waals surface area contributed by atoms with Gasteiger partial charge in [-0.15, -0.1) is 0 Å². The molecule has 0 aromatic heterocycles. The van der Waals surface area contributed by atoms with E-state index in [0.29, 0.717) is 17.9 Å². The molecule has 1 amide bonds. The number of aliphatic hydroxyl groups excluding tert-OH is 1. The van der Waals surface area contributed by atoms with E-state index in [1.807, 2.05) is 38.1 Å². The molecule has 4 rings (SSSR count). The normalized spacial score (nSPS) is 21.4. The molecule has 30 heavy (non-hydrogen) atoms. The van der Waals surface area contributed by atoms with E-state index in [1.165, 1.54) is 0 Å². The Labute approximate surface area is 177 Å². The van der Waals surface area contributed by atoms with E-state index in [4.69, 9.17) is 4.74 Å². The summed E-state index contributed by atoms with van der Waals surface area (Å²) >= 11 is 0. The van der Waals surface area contributed by atoms with Crippen LogP contribution in [0.5, 0.6) is 5.75 Å². The SMILES string of the molecule is CCOc1ccc(/C(O)=C2/C(=O)C(=O)N(C3CCCC3)C2c2cccc(C)c2)cc1. The zero-order valence-corrected chi connectivity index (χ0v) is 17.4. The molecule has 156 valence electrons. The van der Waals surface area contributed by atoms with Gasteiger partial charge in [0.1, 0.15) is 11.5 Å². The van der Waals surface area contributed by atoms with E-state index in [1.54, 1.807) is 29.2 Å². The molecule has 1 saturated heterocycles. The van der Waals surface area contributed by atoms with Gasteiger partial charge in [-0.25, -0.2) is 0 Å². The lowest BCUT2D eigenvalue weighted by molar-refractivity contribution is -0.141. The van der Waals surface area contributed by atoms with Gasteiger partial charge in [0.05, 0.1) is 18.2 Å². The molecule has 1 N–H and O–H groups in total. The fourth-order valence-electron chi connectivity index (χ4n) is 4.61. The van der Waals surface area contributed by atoms with Crippen LogP contribution in [0.4, 0.5) is 0 Å². The smallest absolute Gasteiger partial charge is 0.295 e. The standard InChI is InChI=1S/C25H27NO4/c1-3-30-20-13-11-17(12-14-20)23(27)21-22(18-8-6-7-16(2)15-18)26(25(29)24(21)28)19-9-4-5-10-19/h6-8,11-15,19,22,27H,3-5,9-10H2,1-2H3/b23-21-. The second-order valence-corrected chi connectivity index (χ2v) is 8.02. The number of aliphatic hydroxyl groups is 1. The van der Waals surface area contributed by atoms with Crippen molar-refractivity contribution >= 4 is 17.4 Å².